The molecule has 4 heterocycles. The number of amides is 15. The summed E-state index contributed by atoms with van der Waals surface area (Å²) in [6.45, 7) is -0.454. The molecule has 6 rings (SSSR count). The first-order chi connectivity index (χ1) is 71.6. The van der Waals surface area contributed by atoms with E-state index in [2.05, 4.69) is 120 Å². The number of benzene rings is 2. The zero-order valence-electron chi connectivity index (χ0n) is 85.0. The third-order valence-corrected chi connectivity index (χ3v) is 26.0. The molecule has 51 heteroatoms. The van der Waals surface area contributed by atoms with Gasteiger partial charge in [0, 0.05) is 94.6 Å². The van der Waals surface area contributed by atoms with Crippen LogP contribution >= 0.6 is 25.3 Å². The number of rotatable bonds is 79. The molecule has 2 aromatic heterocycles. The van der Waals surface area contributed by atoms with Crippen molar-refractivity contribution in [1.29, 1.82) is 5.41 Å². The first-order valence-electron chi connectivity index (χ1n) is 51.5. The van der Waals surface area contributed by atoms with E-state index in [4.69, 9.17) is 32.1 Å². The summed E-state index contributed by atoms with van der Waals surface area (Å²) in [5, 5.41) is 96.0. The normalized spacial score (nSPS) is 15.3. The predicted molar refractivity (Wildman–Crippen MR) is 554 cm³/mol. The van der Waals surface area contributed by atoms with E-state index in [0.29, 0.717) is 41.4 Å². The van der Waals surface area contributed by atoms with Crippen molar-refractivity contribution in [1.82, 2.24) is 109 Å². The van der Waals surface area contributed by atoms with Crippen LogP contribution in [0, 0.1) is 5.41 Å². The molecular formula is C98H155N25O24S2. The number of aliphatic carboxylic acids is 3. The largest absolute Gasteiger partial charge is 0.481 e. The number of likely N-dealkylation sites (tertiary alicyclic amines) is 2. The van der Waals surface area contributed by atoms with Crippen LogP contribution in [0.5, 0.6) is 0 Å². The number of carboxylic acids is 3. The average molecular weight is 2130 g/mol. The maximum atomic E-state index is 15.2. The van der Waals surface area contributed by atoms with Crippen molar-refractivity contribution in [2.45, 2.75) is 304 Å². The SMILES string of the molecule is CC(=O)N[C@@H](CCS)C(=O)N[C@@H](CO)C(=O)N[C@H](Cc1ccccc1)C(=O)N[C@@H](CCCNC(=N)N)C(=O)N[C@@H](Cc1c[nH]c2ccccc12)C(=O)N[C@@H](CS)C(=O)N1CCC[C@H]1C(=O)N1CCC[C@H]1C(=O)N[C@@H](CCCCN)C(=O)N[C@@H](CCC(=O)O)C(=O)N[C@@H](CCCCN(CC(=O)O)CC(=O)O)C(=O)N[C@@H](CCCCNC(=O)COCCOCCNC(=O)CCCCCCCCCCCCCCCc1nnn[nH]1)C(N)=O. The van der Waals surface area contributed by atoms with Crippen molar-refractivity contribution in [2.24, 2.45) is 17.2 Å². The third kappa shape index (κ3) is 48.6. The van der Waals surface area contributed by atoms with E-state index in [-0.39, 0.29) is 192 Å². The predicted octanol–water partition coefficient (Wildman–Crippen LogP) is -0.918. The van der Waals surface area contributed by atoms with Gasteiger partial charge < -0.3 is 131 Å². The van der Waals surface area contributed by atoms with Crippen molar-refractivity contribution in [3.63, 3.8) is 0 Å². The van der Waals surface area contributed by atoms with Gasteiger partial charge in [-0.1, -0.05) is 119 Å². The smallest absolute Gasteiger partial charge is 0.317 e. The second-order valence-electron chi connectivity index (χ2n) is 37.2. The van der Waals surface area contributed by atoms with Crippen molar-refractivity contribution in [3.8, 4) is 0 Å². The molecule has 0 aliphatic carbocycles. The molecular weight excluding hydrogens is 1980 g/mol. The van der Waals surface area contributed by atoms with Gasteiger partial charge in [0.15, 0.2) is 5.96 Å². The van der Waals surface area contributed by atoms with Crippen LogP contribution in [-0.4, -0.2) is 349 Å². The van der Waals surface area contributed by atoms with Gasteiger partial charge in [0.1, 0.15) is 84.9 Å². The molecule has 0 saturated carbocycles. The van der Waals surface area contributed by atoms with Crippen molar-refractivity contribution >= 4 is 149 Å². The Labute approximate surface area is 877 Å². The Morgan fingerprint density at radius 2 is 0.987 bits per heavy atom. The van der Waals surface area contributed by atoms with Gasteiger partial charge >= 0.3 is 17.9 Å². The van der Waals surface area contributed by atoms with Crippen molar-refractivity contribution in [2.75, 3.05) is 103 Å². The molecule has 15 amide bonds. The molecule has 2 aliphatic heterocycles. The number of tetrazole rings is 1. The summed E-state index contributed by atoms with van der Waals surface area (Å²) in [5.74, 6) is -15.9. The standard InChI is InChI=1S/C98H155N25O24S2/c1-63(125)107-73(43-54-148)91(139)115-76(60-124)94(142)113-74(55-64-29-14-13-15-30-64)92(140)110-71(36-26-46-105-98(101)102)89(137)114-75(56-65-57-106-67-32-19-18-31-66(65)67)93(141)116-77(62-149)96(144)123-50-28-38-79(123)97(145)122-49-27-37-78(122)95(143)112-70(34-20-23-44-99)88(136)111-72(41-42-83(128)129)90(138)109-69(35-22-25-48-121(58-84(130)131)59-85(132)133)87(135)108-68(86(100)134)33-21-24-45-103-82(127)61-147-53-52-146-51-47-104-81(126)40-17-12-10-8-6-4-2-3-5-7-9-11-16-39-80-117-119-120-118-80/h13-15,18-19,29-32,57,68-79,106,124,148-149H,2-12,16-17,20-28,33-56,58-62,99H2,1H3,(H2,100,134)(H,103,127)(H,104,126)(H,107,125)(H,108,135)(H,109,138)(H,110,140)(H,111,136)(H,112,143)(H,113,142)(H,114,137)(H,115,139)(H,116,141)(H,128,129)(H,130,131)(H,132,133)(H4,101,102,105)(H,117,118,119,120)/t68-,69-,70-,71-,72-,73-,74+,75-,76-,77-,78-,79-/m0/s1. The van der Waals surface area contributed by atoms with Gasteiger partial charge in [-0.3, -0.25) is 96.6 Å². The summed E-state index contributed by atoms with van der Waals surface area (Å²) in [5.41, 5.74) is 19.0. The van der Waals surface area contributed by atoms with Gasteiger partial charge in [-0.25, -0.2) is 5.10 Å². The number of aromatic amines is 2. The summed E-state index contributed by atoms with van der Waals surface area (Å²) < 4.78 is 11.0. The molecule has 12 atom stereocenters. The van der Waals surface area contributed by atoms with Crippen LogP contribution in [0.3, 0.4) is 0 Å². The molecule has 149 heavy (non-hydrogen) atoms. The second-order valence-corrected chi connectivity index (χ2v) is 38.0. The number of aliphatic hydroxyl groups is 1. The van der Waals surface area contributed by atoms with Crippen molar-refractivity contribution < 1.29 is 116 Å². The lowest BCUT2D eigenvalue weighted by Gasteiger charge is -2.33. The number of aryl methyl sites for hydroxylation is 1. The van der Waals surface area contributed by atoms with E-state index >= 15 is 19.2 Å². The van der Waals surface area contributed by atoms with Crippen LogP contribution in [0.25, 0.3) is 10.9 Å². The van der Waals surface area contributed by atoms with E-state index in [9.17, 15) is 87.5 Å². The van der Waals surface area contributed by atoms with Crippen LogP contribution in [-0.2, 0) is 115 Å². The fraction of sp³-hybridized carbons (Fsp3) is 0.653. The Morgan fingerprint density at radius 3 is 1.56 bits per heavy atom. The molecule has 0 bridgehead atoms. The van der Waals surface area contributed by atoms with Crippen LogP contribution in [0.4, 0.5) is 0 Å². The zero-order chi connectivity index (χ0) is 109. The van der Waals surface area contributed by atoms with Gasteiger partial charge in [-0.15, -0.1) is 5.10 Å². The topological polar surface area (TPSA) is 745 Å². The number of guanidine groups is 1. The number of nitrogens with one attached hydrogen (secondary N) is 16. The van der Waals surface area contributed by atoms with E-state index in [1.807, 2.05) is 0 Å². The minimum atomic E-state index is -1.76. The number of nitrogens with two attached hydrogens (primary N) is 3. The Hall–Kier alpha value is -12.7. The number of nitrogens with zero attached hydrogens (tertiary/aromatic N) is 6. The lowest BCUT2D eigenvalue weighted by molar-refractivity contribution is -0.148. The number of hydrogen-bond donors (Lipinski definition) is 25. The first-order valence-corrected chi connectivity index (χ1v) is 52.8. The molecule has 828 valence electrons. The quantitative estimate of drug-likeness (QED) is 0.0110. The highest BCUT2D eigenvalue weighted by atomic mass is 32.1. The van der Waals surface area contributed by atoms with Gasteiger partial charge in [0.25, 0.3) is 0 Å². The van der Waals surface area contributed by atoms with E-state index in [1.54, 1.807) is 60.8 Å². The summed E-state index contributed by atoms with van der Waals surface area (Å²) in [6, 6.07) is -2.13. The van der Waals surface area contributed by atoms with Crippen LogP contribution in [0.15, 0.2) is 60.8 Å². The molecule has 2 fully saturated rings. The number of hydrogen-bond acceptors (Lipinski definition) is 29. The molecule has 0 spiro atoms. The van der Waals surface area contributed by atoms with Crippen LogP contribution in [0.1, 0.15) is 229 Å². The fourth-order valence-corrected chi connectivity index (χ4v) is 18.0. The average Bonchev–Trinajstić information content (AvgIpc) is 1.66. The van der Waals surface area contributed by atoms with Gasteiger partial charge in [0.2, 0.25) is 88.6 Å². The van der Waals surface area contributed by atoms with Gasteiger partial charge in [0.05, 0.1) is 39.5 Å². The van der Waals surface area contributed by atoms with E-state index in [1.165, 1.54) is 68.1 Å². The number of ether oxygens (including phenoxy) is 2. The number of carbonyl (C=O) groups is 18. The van der Waals surface area contributed by atoms with Crippen LogP contribution in [0.2, 0.25) is 0 Å². The highest BCUT2D eigenvalue weighted by molar-refractivity contribution is 7.80. The Morgan fingerprint density at radius 1 is 0.490 bits per heavy atom. The lowest BCUT2D eigenvalue weighted by atomic mass is 10.0. The first kappa shape index (κ1) is 125. The maximum Gasteiger partial charge on any atom is 0.317 e. The molecule has 49 nitrogen and oxygen atoms in total. The number of unbranched alkanes of at least 4 members (excludes halogenated alkanes) is 15. The minimum Gasteiger partial charge on any atom is -0.481 e. The highest BCUT2D eigenvalue weighted by Gasteiger charge is 2.46. The lowest BCUT2D eigenvalue weighted by Crippen LogP contribution is -2.61. The molecule has 2 aromatic carbocycles. The van der Waals surface area contributed by atoms with Crippen molar-refractivity contribution in [3.05, 3.63) is 77.7 Å². The molecule has 0 radical (unpaired) electrons. The number of thiol groups is 2. The van der Waals surface area contributed by atoms with E-state index in [0.717, 1.165) is 49.2 Å². The Balaban J connectivity index is 1.07. The Kier molecular flexibility index (Phi) is 59.6. The number of carboxylic acid groups (broad SMARTS) is 3. The molecule has 0 unspecified atom stereocenters. The molecule has 2 aliphatic rings. The van der Waals surface area contributed by atoms with Crippen LogP contribution < -0.4 is 86.3 Å². The molecule has 2 saturated heterocycles. The van der Waals surface area contributed by atoms with E-state index < -0.39 is 212 Å². The second kappa shape index (κ2) is 71.1. The summed E-state index contributed by atoms with van der Waals surface area (Å²) in [6.07, 6.45) is 17.4. The number of H-pyrrole nitrogens is 2. The number of carbonyl (C=O) groups excluding carboxylic acids is 15. The zero-order valence-corrected chi connectivity index (χ0v) is 86.8. The third-order valence-electron chi connectivity index (χ3n) is 25.4. The summed E-state index contributed by atoms with van der Waals surface area (Å²) in [4.78, 5) is 254. The summed E-state index contributed by atoms with van der Waals surface area (Å²) >= 11 is 8.68. The summed E-state index contributed by atoms with van der Waals surface area (Å²) in [7, 11) is 0. The van der Waals surface area contributed by atoms with Gasteiger partial charge in [-0.2, -0.15) is 25.3 Å². The monoisotopic (exact) mass is 2130 g/mol. The van der Waals surface area contributed by atoms with Gasteiger partial charge in [-0.05, 0) is 168 Å². The number of fused-ring (bicyclic) bond motifs is 1. The minimum absolute atomic E-state index is 0.0000722. The Bertz CT molecular complexity index is 4880. The maximum absolute atomic E-state index is 15.2. The molecule has 4 aromatic rings. The fourth-order valence-electron chi connectivity index (χ4n) is 17.5. The number of aliphatic hydroxyl groups excluding tert-OH is 1. The number of primary amides is 1. The molecule has 26 N–H and O–H groups in total. The number of aromatic nitrogens is 5. The highest BCUT2D eigenvalue weighted by Crippen LogP contribution is 2.28. The number of para-hydroxylation sites is 1.